The van der Waals surface area contributed by atoms with Crippen LogP contribution in [0, 0.1) is 0 Å². The maximum Gasteiger partial charge on any atom is 0.317 e. The highest BCUT2D eigenvalue weighted by Gasteiger charge is 2.14. The number of carbonyl (C=O) groups is 1. The first-order chi connectivity index (χ1) is 9.43. The number of benzene rings is 1. The van der Waals surface area contributed by atoms with Crippen LogP contribution in [0.15, 0.2) is 24.3 Å². The second-order valence-corrected chi connectivity index (χ2v) is 4.91. The average molecular weight is 280 g/mol. The Morgan fingerprint density at radius 3 is 2.75 bits per heavy atom. The van der Waals surface area contributed by atoms with E-state index < -0.39 is 6.10 Å². The molecule has 2 N–H and O–H groups in total. The molecule has 0 saturated carbocycles. The summed E-state index contributed by atoms with van der Waals surface area (Å²) in [5.74, 6) is 0.795. The quantitative estimate of drug-likeness (QED) is 0.839. The largest absolute Gasteiger partial charge is 0.494 e. The van der Waals surface area contributed by atoms with Gasteiger partial charge < -0.3 is 20.1 Å². The summed E-state index contributed by atoms with van der Waals surface area (Å²) in [5.41, 5.74) is 0.981. The first kappa shape index (κ1) is 16.3. The van der Waals surface area contributed by atoms with Gasteiger partial charge >= 0.3 is 6.03 Å². The summed E-state index contributed by atoms with van der Waals surface area (Å²) in [6.07, 6.45) is -0.540. The van der Waals surface area contributed by atoms with Gasteiger partial charge in [0.15, 0.2) is 0 Å². The van der Waals surface area contributed by atoms with Crippen LogP contribution in [0.3, 0.4) is 0 Å². The number of nitrogens with zero attached hydrogens (tertiary/aromatic N) is 1. The highest BCUT2D eigenvalue weighted by atomic mass is 16.5. The fourth-order valence-corrected chi connectivity index (χ4v) is 1.90. The van der Waals surface area contributed by atoms with Gasteiger partial charge in [0.25, 0.3) is 0 Å². The van der Waals surface area contributed by atoms with Gasteiger partial charge in [-0.15, -0.1) is 0 Å². The molecule has 0 bridgehead atoms. The van der Waals surface area contributed by atoms with Gasteiger partial charge in [0.2, 0.25) is 0 Å². The molecule has 1 rings (SSSR count). The average Bonchev–Trinajstić information content (AvgIpc) is 2.38. The molecule has 0 saturated heterocycles. The Bertz CT molecular complexity index is 435. The Hall–Kier alpha value is -1.75. The van der Waals surface area contributed by atoms with Crippen molar-refractivity contribution in [3.8, 4) is 5.75 Å². The predicted molar refractivity (Wildman–Crippen MR) is 78.9 cm³/mol. The normalized spacial score (nSPS) is 13.4. The van der Waals surface area contributed by atoms with Crippen molar-refractivity contribution in [3.05, 3.63) is 29.8 Å². The Kier molecular flexibility index (Phi) is 6.31. The zero-order chi connectivity index (χ0) is 15.1. The van der Waals surface area contributed by atoms with Crippen molar-refractivity contribution in [1.29, 1.82) is 0 Å². The number of amides is 2. The van der Waals surface area contributed by atoms with E-state index in [0.717, 1.165) is 11.3 Å². The molecule has 2 unspecified atom stereocenters. The smallest absolute Gasteiger partial charge is 0.317 e. The van der Waals surface area contributed by atoms with Crippen molar-refractivity contribution >= 4 is 6.03 Å². The van der Waals surface area contributed by atoms with Crippen LogP contribution in [0.25, 0.3) is 0 Å². The maximum absolute atomic E-state index is 11.9. The van der Waals surface area contributed by atoms with Gasteiger partial charge in [-0.05, 0) is 38.5 Å². The molecule has 20 heavy (non-hydrogen) atoms. The molecule has 0 aliphatic rings. The van der Waals surface area contributed by atoms with Crippen molar-refractivity contribution in [2.75, 3.05) is 20.2 Å². The number of urea groups is 1. The number of aliphatic hydroxyl groups is 1. The highest BCUT2D eigenvalue weighted by molar-refractivity contribution is 5.74. The summed E-state index contributed by atoms with van der Waals surface area (Å²) in [4.78, 5) is 13.4. The zero-order valence-electron chi connectivity index (χ0n) is 12.6. The minimum absolute atomic E-state index is 0.126. The summed E-state index contributed by atoms with van der Waals surface area (Å²) in [5, 5.41) is 12.2. The summed E-state index contributed by atoms with van der Waals surface area (Å²) >= 11 is 0. The molecule has 0 aliphatic carbocycles. The van der Waals surface area contributed by atoms with E-state index in [9.17, 15) is 9.90 Å². The molecule has 5 heteroatoms. The molecule has 1 aromatic carbocycles. The number of carbonyl (C=O) groups excluding carboxylic acids is 1. The van der Waals surface area contributed by atoms with E-state index in [2.05, 4.69) is 5.32 Å². The summed E-state index contributed by atoms with van der Waals surface area (Å²) in [6, 6.07) is 7.33. The lowest BCUT2D eigenvalue weighted by molar-refractivity contribution is 0.142. The lowest BCUT2D eigenvalue weighted by Gasteiger charge is -2.22. The van der Waals surface area contributed by atoms with Crippen LogP contribution in [0.5, 0.6) is 5.75 Å². The molecule has 0 aromatic heterocycles. The minimum atomic E-state index is -0.540. The van der Waals surface area contributed by atoms with E-state index in [1.54, 1.807) is 14.0 Å². The SMILES string of the molecule is CCOc1cccc(C(C)NC(=O)N(C)CC(C)O)c1. The van der Waals surface area contributed by atoms with Crippen molar-refractivity contribution in [3.63, 3.8) is 0 Å². The molecule has 2 amide bonds. The number of aliphatic hydroxyl groups excluding tert-OH is 1. The van der Waals surface area contributed by atoms with Gasteiger partial charge in [-0.25, -0.2) is 4.79 Å². The topological polar surface area (TPSA) is 61.8 Å². The van der Waals surface area contributed by atoms with Crippen LogP contribution in [-0.2, 0) is 0 Å². The zero-order valence-corrected chi connectivity index (χ0v) is 12.6. The molecule has 1 aromatic rings. The van der Waals surface area contributed by atoms with Gasteiger partial charge in [0, 0.05) is 13.6 Å². The third kappa shape index (κ3) is 5.09. The molecule has 0 spiro atoms. The predicted octanol–water partition coefficient (Wildman–Crippen LogP) is 2.17. The van der Waals surface area contributed by atoms with Crippen molar-refractivity contribution in [1.82, 2.24) is 10.2 Å². The first-order valence-corrected chi connectivity index (χ1v) is 6.86. The van der Waals surface area contributed by atoms with E-state index in [0.29, 0.717) is 13.2 Å². The Morgan fingerprint density at radius 1 is 1.45 bits per heavy atom. The number of likely N-dealkylation sites (N-methyl/N-ethyl adjacent to an activating group) is 1. The summed E-state index contributed by atoms with van der Waals surface area (Å²) in [7, 11) is 1.66. The van der Waals surface area contributed by atoms with Gasteiger partial charge in [-0.1, -0.05) is 12.1 Å². The van der Waals surface area contributed by atoms with Crippen molar-refractivity contribution in [2.24, 2.45) is 0 Å². The molecule has 0 heterocycles. The Morgan fingerprint density at radius 2 is 2.15 bits per heavy atom. The maximum atomic E-state index is 11.9. The molecule has 0 aliphatic heterocycles. The monoisotopic (exact) mass is 280 g/mol. The number of ether oxygens (including phenoxy) is 1. The molecular weight excluding hydrogens is 256 g/mol. The molecular formula is C15H24N2O3. The number of nitrogens with one attached hydrogen (secondary N) is 1. The fraction of sp³-hybridized carbons (Fsp3) is 0.533. The van der Waals surface area contributed by atoms with Gasteiger partial charge in [0.1, 0.15) is 5.75 Å². The van der Waals surface area contributed by atoms with Gasteiger partial charge in [0.05, 0.1) is 18.8 Å². The Labute approximate surface area is 120 Å². The highest BCUT2D eigenvalue weighted by Crippen LogP contribution is 2.19. The molecule has 5 nitrogen and oxygen atoms in total. The molecule has 112 valence electrons. The van der Waals surface area contributed by atoms with Crippen LogP contribution >= 0.6 is 0 Å². The van der Waals surface area contributed by atoms with E-state index in [1.807, 2.05) is 38.1 Å². The van der Waals surface area contributed by atoms with Gasteiger partial charge in [-0.3, -0.25) is 0 Å². The minimum Gasteiger partial charge on any atom is -0.494 e. The van der Waals surface area contributed by atoms with Crippen molar-refractivity contribution in [2.45, 2.75) is 32.9 Å². The van der Waals surface area contributed by atoms with E-state index >= 15 is 0 Å². The lowest BCUT2D eigenvalue weighted by Crippen LogP contribution is -2.41. The Balaban J connectivity index is 2.63. The van der Waals surface area contributed by atoms with E-state index in [4.69, 9.17) is 4.74 Å². The fourth-order valence-electron chi connectivity index (χ4n) is 1.90. The molecule has 2 atom stereocenters. The second-order valence-electron chi connectivity index (χ2n) is 4.91. The molecule has 0 fully saturated rings. The lowest BCUT2D eigenvalue weighted by atomic mass is 10.1. The van der Waals surface area contributed by atoms with E-state index in [1.165, 1.54) is 4.90 Å². The van der Waals surface area contributed by atoms with Crippen molar-refractivity contribution < 1.29 is 14.6 Å². The number of hydrogen-bond acceptors (Lipinski definition) is 3. The van der Waals surface area contributed by atoms with Crippen LogP contribution in [0.1, 0.15) is 32.4 Å². The van der Waals surface area contributed by atoms with Crippen LogP contribution < -0.4 is 10.1 Å². The summed E-state index contributed by atoms with van der Waals surface area (Å²) in [6.45, 7) is 6.42. The molecule has 0 radical (unpaired) electrons. The van der Waals surface area contributed by atoms with Crippen LogP contribution in [0.4, 0.5) is 4.79 Å². The number of rotatable bonds is 6. The van der Waals surface area contributed by atoms with E-state index in [-0.39, 0.29) is 12.1 Å². The third-order valence-electron chi connectivity index (χ3n) is 2.89. The summed E-state index contributed by atoms with van der Waals surface area (Å²) < 4.78 is 5.45. The standard InChI is InChI=1S/C15H24N2O3/c1-5-20-14-8-6-7-13(9-14)12(3)16-15(19)17(4)10-11(2)18/h6-9,11-12,18H,5,10H2,1-4H3,(H,16,19). The third-order valence-corrected chi connectivity index (χ3v) is 2.89. The first-order valence-electron chi connectivity index (χ1n) is 6.86. The number of hydrogen-bond donors (Lipinski definition) is 2. The second kappa shape index (κ2) is 7.75. The van der Waals surface area contributed by atoms with Crippen LogP contribution in [-0.4, -0.2) is 42.3 Å². The van der Waals surface area contributed by atoms with Crippen LogP contribution in [0.2, 0.25) is 0 Å². The van der Waals surface area contributed by atoms with Gasteiger partial charge in [-0.2, -0.15) is 0 Å².